The van der Waals surface area contributed by atoms with Crippen LogP contribution in [0.15, 0.2) is 24.8 Å². The summed E-state index contributed by atoms with van der Waals surface area (Å²) in [7, 11) is 0. The van der Waals surface area contributed by atoms with E-state index in [9.17, 15) is 13.2 Å². The zero-order valence-electron chi connectivity index (χ0n) is 6.15. The molecule has 3 heteroatoms. The average Bonchev–Trinajstić information content (AvgIpc) is 2.03. The van der Waals surface area contributed by atoms with Crippen LogP contribution < -0.4 is 0 Å². The van der Waals surface area contributed by atoms with Crippen LogP contribution in [0.4, 0.5) is 13.2 Å². The molecule has 0 fully saturated rings. The second-order valence-electron chi connectivity index (χ2n) is 2.26. The third-order valence-electron chi connectivity index (χ3n) is 1.37. The van der Waals surface area contributed by atoms with Crippen molar-refractivity contribution in [3.63, 3.8) is 0 Å². The first kappa shape index (κ1) is 8.84. The lowest BCUT2D eigenvalue weighted by Gasteiger charge is -2.05. The van der Waals surface area contributed by atoms with Crippen LogP contribution in [0.1, 0.15) is 11.1 Å². The van der Waals surface area contributed by atoms with Crippen molar-refractivity contribution in [1.29, 1.82) is 0 Å². The number of alkyl halides is 3. The second-order valence-corrected chi connectivity index (χ2v) is 2.26. The standard InChI is InChI=1S/C9H6F3/c1-2-7-4-3-5-8(6-7)9(10,11)12/h2,4-6H,1H2. The van der Waals surface area contributed by atoms with E-state index in [0.29, 0.717) is 5.56 Å². The van der Waals surface area contributed by atoms with Crippen LogP contribution >= 0.6 is 0 Å². The van der Waals surface area contributed by atoms with E-state index in [1.807, 2.05) is 0 Å². The molecule has 0 bridgehead atoms. The van der Waals surface area contributed by atoms with Gasteiger partial charge in [-0.05, 0) is 29.8 Å². The molecule has 1 aromatic carbocycles. The molecule has 0 nitrogen and oxygen atoms in total. The molecule has 0 amide bonds. The molecule has 1 aromatic rings. The van der Waals surface area contributed by atoms with Gasteiger partial charge in [0.05, 0.1) is 5.56 Å². The van der Waals surface area contributed by atoms with E-state index in [1.54, 1.807) is 0 Å². The highest BCUT2D eigenvalue weighted by molar-refractivity contribution is 5.48. The Morgan fingerprint density at radius 1 is 1.33 bits per heavy atom. The highest BCUT2D eigenvalue weighted by atomic mass is 19.4. The molecule has 12 heavy (non-hydrogen) atoms. The molecule has 0 aliphatic rings. The van der Waals surface area contributed by atoms with Gasteiger partial charge in [0.2, 0.25) is 0 Å². The van der Waals surface area contributed by atoms with Crippen LogP contribution in [0.5, 0.6) is 0 Å². The zero-order chi connectivity index (χ0) is 9.19. The van der Waals surface area contributed by atoms with Gasteiger partial charge in [-0.25, -0.2) is 0 Å². The van der Waals surface area contributed by atoms with Crippen LogP contribution in [0.3, 0.4) is 0 Å². The number of hydrogen-bond donors (Lipinski definition) is 0. The lowest BCUT2D eigenvalue weighted by Crippen LogP contribution is -2.04. The van der Waals surface area contributed by atoms with Crippen molar-refractivity contribution in [3.8, 4) is 0 Å². The highest BCUT2D eigenvalue weighted by Gasteiger charge is 2.30. The summed E-state index contributed by atoms with van der Waals surface area (Å²) in [6.07, 6.45) is -2.94. The van der Waals surface area contributed by atoms with Crippen molar-refractivity contribution in [3.05, 3.63) is 42.0 Å². The highest BCUT2D eigenvalue weighted by Crippen LogP contribution is 2.29. The van der Waals surface area contributed by atoms with Gasteiger partial charge < -0.3 is 0 Å². The molecule has 63 valence electrons. The largest absolute Gasteiger partial charge is 0.416 e. The first-order valence-corrected chi connectivity index (χ1v) is 3.25. The normalized spacial score (nSPS) is 11.2. The maximum absolute atomic E-state index is 12.0. The fourth-order valence-corrected chi connectivity index (χ4v) is 0.772. The Bertz CT molecular complexity index is 286. The summed E-state index contributed by atoms with van der Waals surface area (Å²) in [6, 6.07) is 5.78. The number of hydrogen-bond acceptors (Lipinski definition) is 0. The third-order valence-corrected chi connectivity index (χ3v) is 1.37. The molecule has 0 atom stereocenters. The minimum Gasteiger partial charge on any atom is -0.166 e. The molecule has 0 unspecified atom stereocenters. The van der Waals surface area contributed by atoms with Gasteiger partial charge in [-0.15, -0.1) is 0 Å². The topological polar surface area (TPSA) is 0 Å². The van der Waals surface area contributed by atoms with Gasteiger partial charge in [-0.3, -0.25) is 0 Å². The van der Waals surface area contributed by atoms with Gasteiger partial charge in [0, 0.05) is 0 Å². The van der Waals surface area contributed by atoms with E-state index in [-0.39, 0.29) is 0 Å². The number of benzene rings is 1. The van der Waals surface area contributed by atoms with Gasteiger partial charge in [-0.2, -0.15) is 13.2 Å². The van der Waals surface area contributed by atoms with Crippen molar-refractivity contribution in [1.82, 2.24) is 0 Å². The van der Waals surface area contributed by atoms with Crippen LogP contribution in [0.25, 0.3) is 6.08 Å². The van der Waals surface area contributed by atoms with Crippen molar-refractivity contribution in [2.45, 2.75) is 6.18 Å². The Morgan fingerprint density at radius 2 is 2.00 bits per heavy atom. The Kier molecular flexibility index (Phi) is 2.22. The second kappa shape index (κ2) is 3.01. The van der Waals surface area contributed by atoms with E-state index >= 15 is 0 Å². The fraction of sp³-hybridized carbons (Fsp3) is 0.111. The van der Waals surface area contributed by atoms with Gasteiger partial charge in [-0.1, -0.05) is 12.7 Å². The molecule has 0 saturated heterocycles. The summed E-state index contributed by atoms with van der Waals surface area (Å²) in [5, 5.41) is 0. The van der Waals surface area contributed by atoms with E-state index in [4.69, 9.17) is 0 Å². The maximum atomic E-state index is 12.0. The van der Waals surface area contributed by atoms with Crippen LogP contribution in [0.2, 0.25) is 0 Å². The Hall–Kier alpha value is -1.25. The summed E-state index contributed by atoms with van der Waals surface area (Å²) in [6.45, 7) is 3.37. The fourth-order valence-electron chi connectivity index (χ4n) is 0.772. The molecule has 0 saturated carbocycles. The quantitative estimate of drug-likeness (QED) is 0.608. The van der Waals surface area contributed by atoms with Crippen molar-refractivity contribution in [2.24, 2.45) is 0 Å². The SMILES string of the molecule is C=Cc1c[c]cc(C(F)(F)F)c1. The van der Waals surface area contributed by atoms with Crippen molar-refractivity contribution < 1.29 is 13.2 Å². The summed E-state index contributed by atoms with van der Waals surface area (Å²) in [5.74, 6) is 0. The van der Waals surface area contributed by atoms with Crippen LogP contribution in [-0.4, -0.2) is 0 Å². The monoisotopic (exact) mass is 171 g/mol. The average molecular weight is 171 g/mol. The molecule has 1 rings (SSSR count). The summed E-state index contributed by atoms with van der Waals surface area (Å²) in [4.78, 5) is 0. The minimum atomic E-state index is -4.30. The maximum Gasteiger partial charge on any atom is 0.416 e. The Morgan fingerprint density at radius 3 is 2.50 bits per heavy atom. The molecule has 0 heterocycles. The Labute approximate surface area is 68.3 Å². The third kappa shape index (κ3) is 1.87. The molecule has 0 N–H and O–H groups in total. The van der Waals surface area contributed by atoms with Gasteiger partial charge in [0.25, 0.3) is 0 Å². The number of rotatable bonds is 1. The van der Waals surface area contributed by atoms with E-state index in [1.165, 1.54) is 12.1 Å². The molecule has 0 aliphatic heterocycles. The zero-order valence-corrected chi connectivity index (χ0v) is 6.15. The lowest BCUT2D eigenvalue weighted by molar-refractivity contribution is -0.137. The van der Waals surface area contributed by atoms with Crippen molar-refractivity contribution >= 4 is 6.08 Å². The predicted octanol–water partition coefficient (Wildman–Crippen LogP) is 3.15. The van der Waals surface area contributed by atoms with Gasteiger partial charge >= 0.3 is 6.18 Å². The van der Waals surface area contributed by atoms with Gasteiger partial charge in [0.1, 0.15) is 0 Å². The first-order valence-electron chi connectivity index (χ1n) is 3.25. The smallest absolute Gasteiger partial charge is 0.166 e. The van der Waals surface area contributed by atoms with E-state index < -0.39 is 11.7 Å². The molecule has 0 aliphatic carbocycles. The van der Waals surface area contributed by atoms with E-state index in [2.05, 4.69) is 12.6 Å². The minimum absolute atomic E-state index is 0.421. The van der Waals surface area contributed by atoms with Crippen molar-refractivity contribution in [2.75, 3.05) is 0 Å². The molecule has 0 spiro atoms. The van der Waals surface area contributed by atoms with E-state index in [0.717, 1.165) is 12.1 Å². The summed E-state index contributed by atoms with van der Waals surface area (Å²) >= 11 is 0. The molecule has 1 radical (unpaired) electrons. The van der Waals surface area contributed by atoms with Crippen LogP contribution in [0, 0.1) is 6.07 Å². The summed E-state index contributed by atoms with van der Waals surface area (Å²) < 4.78 is 36.1. The van der Waals surface area contributed by atoms with Crippen LogP contribution in [-0.2, 0) is 6.18 Å². The first-order chi connectivity index (χ1) is 5.54. The number of halogens is 3. The predicted molar refractivity (Wildman–Crippen MR) is 40.4 cm³/mol. The lowest BCUT2D eigenvalue weighted by atomic mass is 10.1. The molecule has 0 aromatic heterocycles. The van der Waals surface area contributed by atoms with Gasteiger partial charge in [0.15, 0.2) is 0 Å². The summed E-state index contributed by atoms with van der Waals surface area (Å²) in [5.41, 5.74) is -0.273. The Balaban J connectivity index is 3.10. The molecular formula is C9H6F3. The molecular weight excluding hydrogens is 165 g/mol.